The normalized spacial score (nSPS) is 10.6. The number of nitrogens with two attached hydrogens (primary N) is 3. The number of hydrogen-bond acceptors (Lipinski definition) is 4. The third-order valence-electron chi connectivity index (χ3n) is 2.26. The van der Waals surface area contributed by atoms with Crippen LogP contribution in [0.3, 0.4) is 0 Å². The zero-order chi connectivity index (χ0) is 13.7. The van der Waals surface area contributed by atoms with E-state index in [0.29, 0.717) is 17.3 Å². The minimum Gasteiger partial charge on any atom is -0.398 e. The van der Waals surface area contributed by atoms with Crippen LogP contribution in [0.2, 0.25) is 5.02 Å². The Morgan fingerprint density at radius 1 is 1.17 bits per heavy atom. The Labute approximate surface area is 110 Å². The van der Waals surface area contributed by atoms with Crippen molar-refractivity contribution >= 4 is 29.1 Å². The van der Waals surface area contributed by atoms with Gasteiger partial charge in [-0.05, 0) is 17.7 Å². The smallest absolute Gasteiger partial charge is 0.231 e. The largest absolute Gasteiger partial charge is 0.398 e. The van der Waals surface area contributed by atoms with E-state index in [1.165, 1.54) is 4.90 Å². The summed E-state index contributed by atoms with van der Waals surface area (Å²) in [5, 5.41) is 0.521. The Balaban J connectivity index is 2.81. The quantitative estimate of drug-likeness (QED) is 0.615. The molecule has 1 aromatic rings. The highest BCUT2D eigenvalue weighted by Crippen LogP contribution is 2.19. The predicted octanol–water partition coefficient (Wildman–Crippen LogP) is -0.305. The van der Waals surface area contributed by atoms with E-state index in [4.69, 9.17) is 28.8 Å². The van der Waals surface area contributed by atoms with Crippen LogP contribution in [-0.4, -0.2) is 29.8 Å². The molecular formula is C11H15ClN4O2. The summed E-state index contributed by atoms with van der Waals surface area (Å²) in [4.78, 5) is 23.3. The topological polar surface area (TPSA) is 115 Å². The molecule has 7 heteroatoms. The molecule has 0 bridgehead atoms. The van der Waals surface area contributed by atoms with Gasteiger partial charge in [-0.2, -0.15) is 0 Å². The first-order valence-electron chi connectivity index (χ1n) is 5.21. The molecule has 0 aliphatic rings. The van der Waals surface area contributed by atoms with Crippen molar-refractivity contribution in [3.8, 4) is 0 Å². The maximum atomic E-state index is 10.9. The Bertz CT molecular complexity index is 448. The van der Waals surface area contributed by atoms with E-state index >= 15 is 0 Å². The van der Waals surface area contributed by atoms with Crippen molar-refractivity contribution in [3.63, 3.8) is 0 Å². The molecular weight excluding hydrogens is 256 g/mol. The zero-order valence-corrected chi connectivity index (χ0v) is 10.5. The molecule has 0 spiro atoms. The van der Waals surface area contributed by atoms with Gasteiger partial charge >= 0.3 is 0 Å². The number of nitrogens with zero attached hydrogens (tertiary/aromatic N) is 1. The van der Waals surface area contributed by atoms with Gasteiger partial charge in [-0.15, -0.1) is 0 Å². The number of amides is 2. The molecule has 0 unspecified atom stereocenters. The standard InChI is InChI=1S/C11H15ClN4O2/c12-8-2-1-7(9(13)3-8)4-16(5-10(14)17)6-11(15)18/h1-3H,4-6,13H2,(H2,14,17)(H2,15,18). The van der Waals surface area contributed by atoms with Crippen LogP contribution in [0.15, 0.2) is 18.2 Å². The minimum atomic E-state index is -0.538. The lowest BCUT2D eigenvalue weighted by molar-refractivity contribution is -0.122. The highest BCUT2D eigenvalue weighted by atomic mass is 35.5. The predicted molar refractivity (Wildman–Crippen MR) is 69.5 cm³/mol. The minimum absolute atomic E-state index is 0.0645. The van der Waals surface area contributed by atoms with Gasteiger partial charge in [0.15, 0.2) is 0 Å². The molecule has 0 aliphatic carbocycles. The third kappa shape index (κ3) is 4.60. The molecule has 0 saturated carbocycles. The molecule has 1 rings (SSSR count). The van der Waals surface area contributed by atoms with Crippen LogP contribution >= 0.6 is 11.6 Å². The maximum Gasteiger partial charge on any atom is 0.231 e. The van der Waals surface area contributed by atoms with Crippen LogP contribution in [0, 0.1) is 0 Å². The van der Waals surface area contributed by atoms with E-state index in [1.54, 1.807) is 18.2 Å². The summed E-state index contributed by atoms with van der Waals surface area (Å²) in [6.45, 7) is 0.172. The number of carbonyl (C=O) groups excluding carboxylic acids is 2. The second-order valence-corrected chi connectivity index (χ2v) is 4.36. The molecule has 0 radical (unpaired) electrons. The summed E-state index contributed by atoms with van der Waals surface area (Å²) in [7, 11) is 0. The van der Waals surface area contributed by atoms with Crippen LogP contribution in [0.1, 0.15) is 5.56 Å². The van der Waals surface area contributed by atoms with Gasteiger partial charge in [-0.25, -0.2) is 0 Å². The second kappa shape index (κ2) is 6.23. The molecule has 0 fully saturated rings. The summed E-state index contributed by atoms with van der Waals surface area (Å²) >= 11 is 5.78. The Morgan fingerprint density at radius 2 is 1.72 bits per heavy atom. The van der Waals surface area contributed by atoms with Crippen LogP contribution < -0.4 is 17.2 Å². The Hall–Kier alpha value is -1.79. The van der Waals surface area contributed by atoms with Gasteiger partial charge in [0.05, 0.1) is 13.1 Å². The lowest BCUT2D eigenvalue weighted by Gasteiger charge is -2.19. The van der Waals surface area contributed by atoms with Gasteiger partial charge in [0.2, 0.25) is 11.8 Å². The average molecular weight is 271 g/mol. The number of rotatable bonds is 6. The van der Waals surface area contributed by atoms with Gasteiger partial charge in [0, 0.05) is 17.3 Å². The fourth-order valence-corrected chi connectivity index (χ4v) is 1.74. The van der Waals surface area contributed by atoms with Crippen molar-refractivity contribution in [2.24, 2.45) is 11.5 Å². The fraction of sp³-hybridized carbons (Fsp3) is 0.273. The summed E-state index contributed by atoms with van der Waals surface area (Å²) < 4.78 is 0. The van der Waals surface area contributed by atoms with Crippen LogP contribution in [0.25, 0.3) is 0 Å². The molecule has 2 amide bonds. The molecule has 0 heterocycles. The van der Waals surface area contributed by atoms with E-state index in [0.717, 1.165) is 5.56 Å². The highest BCUT2D eigenvalue weighted by molar-refractivity contribution is 6.30. The molecule has 0 atom stereocenters. The van der Waals surface area contributed by atoms with Crippen molar-refractivity contribution in [1.29, 1.82) is 0 Å². The summed E-state index contributed by atoms with van der Waals surface area (Å²) in [6.07, 6.45) is 0. The lowest BCUT2D eigenvalue weighted by atomic mass is 10.1. The van der Waals surface area contributed by atoms with Crippen LogP contribution in [0.4, 0.5) is 5.69 Å². The van der Waals surface area contributed by atoms with Crippen molar-refractivity contribution in [2.75, 3.05) is 18.8 Å². The Morgan fingerprint density at radius 3 is 2.17 bits per heavy atom. The molecule has 6 N–H and O–H groups in total. The van der Waals surface area contributed by atoms with Gasteiger partial charge in [0.25, 0.3) is 0 Å². The monoisotopic (exact) mass is 270 g/mol. The fourth-order valence-electron chi connectivity index (χ4n) is 1.56. The van der Waals surface area contributed by atoms with Crippen molar-refractivity contribution < 1.29 is 9.59 Å². The molecule has 0 aromatic heterocycles. The maximum absolute atomic E-state index is 10.9. The van der Waals surface area contributed by atoms with Crippen LogP contribution in [-0.2, 0) is 16.1 Å². The second-order valence-electron chi connectivity index (χ2n) is 3.92. The zero-order valence-electron chi connectivity index (χ0n) is 9.73. The van der Waals surface area contributed by atoms with E-state index in [2.05, 4.69) is 0 Å². The van der Waals surface area contributed by atoms with E-state index in [1.807, 2.05) is 0 Å². The number of carbonyl (C=O) groups is 2. The molecule has 0 aliphatic heterocycles. The highest BCUT2D eigenvalue weighted by Gasteiger charge is 2.13. The molecule has 6 nitrogen and oxygen atoms in total. The summed E-state index contributed by atoms with van der Waals surface area (Å²) in [6, 6.07) is 5.01. The number of anilines is 1. The first-order chi connectivity index (χ1) is 8.38. The molecule has 1 aromatic carbocycles. The van der Waals surface area contributed by atoms with Crippen molar-refractivity contribution in [3.05, 3.63) is 28.8 Å². The lowest BCUT2D eigenvalue weighted by Crippen LogP contribution is -2.39. The van der Waals surface area contributed by atoms with Crippen molar-refractivity contribution in [1.82, 2.24) is 4.90 Å². The SMILES string of the molecule is NC(=O)CN(CC(N)=O)Cc1ccc(Cl)cc1N. The van der Waals surface area contributed by atoms with E-state index < -0.39 is 11.8 Å². The number of hydrogen-bond donors (Lipinski definition) is 3. The van der Waals surface area contributed by atoms with Crippen molar-refractivity contribution in [2.45, 2.75) is 6.54 Å². The molecule has 98 valence electrons. The summed E-state index contributed by atoms with van der Waals surface area (Å²) in [5.41, 5.74) is 17.2. The number of nitrogen functional groups attached to an aromatic ring is 1. The van der Waals surface area contributed by atoms with E-state index in [-0.39, 0.29) is 13.1 Å². The van der Waals surface area contributed by atoms with Gasteiger partial charge in [-0.1, -0.05) is 17.7 Å². The number of benzene rings is 1. The molecule has 0 saturated heterocycles. The summed E-state index contributed by atoms with van der Waals surface area (Å²) in [5.74, 6) is -1.08. The van der Waals surface area contributed by atoms with Crippen LogP contribution in [0.5, 0.6) is 0 Å². The average Bonchev–Trinajstić information content (AvgIpc) is 2.20. The van der Waals surface area contributed by atoms with E-state index in [9.17, 15) is 9.59 Å². The first kappa shape index (κ1) is 14.3. The van der Waals surface area contributed by atoms with Gasteiger partial charge in [0.1, 0.15) is 0 Å². The van der Waals surface area contributed by atoms with Gasteiger partial charge in [-0.3, -0.25) is 14.5 Å². The third-order valence-corrected chi connectivity index (χ3v) is 2.50. The molecule has 18 heavy (non-hydrogen) atoms. The number of halogens is 1. The Kier molecular flexibility index (Phi) is 4.94. The first-order valence-corrected chi connectivity index (χ1v) is 5.59. The number of primary amides is 2. The van der Waals surface area contributed by atoms with Gasteiger partial charge < -0.3 is 17.2 Å².